The second kappa shape index (κ2) is 8.22. The molecule has 0 radical (unpaired) electrons. The van der Waals surface area contributed by atoms with Crippen molar-refractivity contribution >= 4 is 23.1 Å². The Labute approximate surface area is 157 Å². The minimum atomic E-state index is 0.385. The quantitative estimate of drug-likeness (QED) is 0.653. The number of nitrogens with one attached hydrogen (secondary N) is 2. The van der Waals surface area contributed by atoms with Gasteiger partial charge in [0.15, 0.2) is 17.3 Å². The molecule has 0 aliphatic carbocycles. The van der Waals surface area contributed by atoms with Crippen LogP contribution in [0.1, 0.15) is 5.56 Å². The van der Waals surface area contributed by atoms with Crippen molar-refractivity contribution in [1.82, 2.24) is 15.2 Å². The Morgan fingerprint density at radius 3 is 2.07 bits per heavy atom. The summed E-state index contributed by atoms with van der Waals surface area (Å²) in [5.41, 5.74) is 2.77. The lowest BCUT2D eigenvalue weighted by atomic mass is 10.2. The molecular formula is C19H21N5O3. The van der Waals surface area contributed by atoms with Crippen LogP contribution in [0.4, 0.5) is 23.1 Å². The number of anilines is 4. The number of hydrogen-bond donors (Lipinski definition) is 2. The lowest BCUT2D eigenvalue weighted by Crippen LogP contribution is -2.03. The van der Waals surface area contributed by atoms with E-state index in [9.17, 15) is 0 Å². The molecule has 0 bridgehead atoms. The van der Waals surface area contributed by atoms with Crippen molar-refractivity contribution in [3.8, 4) is 17.2 Å². The molecule has 0 aliphatic rings. The Balaban J connectivity index is 1.82. The SMILES string of the molecule is COc1cc(Nc2cnnc(Nc3ccc(C)cc3)n2)cc(OC)c1OC. The number of ether oxygens (including phenoxy) is 3. The topological polar surface area (TPSA) is 90.4 Å². The predicted molar refractivity (Wildman–Crippen MR) is 104 cm³/mol. The first kappa shape index (κ1) is 18.2. The summed E-state index contributed by atoms with van der Waals surface area (Å²) in [6.07, 6.45) is 1.53. The van der Waals surface area contributed by atoms with Gasteiger partial charge in [-0.05, 0) is 19.1 Å². The number of methoxy groups -OCH3 is 3. The average Bonchev–Trinajstić information content (AvgIpc) is 2.69. The maximum atomic E-state index is 5.36. The molecule has 0 saturated heterocycles. The maximum Gasteiger partial charge on any atom is 0.249 e. The first-order valence-electron chi connectivity index (χ1n) is 8.23. The number of aryl methyl sites for hydroxylation is 1. The highest BCUT2D eigenvalue weighted by Gasteiger charge is 2.13. The van der Waals surface area contributed by atoms with Gasteiger partial charge >= 0.3 is 0 Å². The summed E-state index contributed by atoms with van der Waals surface area (Å²) in [4.78, 5) is 4.43. The molecule has 0 saturated carbocycles. The first-order valence-corrected chi connectivity index (χ1v) is 8.23. The zero-order valence-electron chi connectivity index (χ0n) is 15.6. The number of benzene rings is 2. The van der Waals surface area contributed by atoms with Gasteiger partial charge in [0.2, 0.25) is 11.7 Å². The molecule has 0 fully saturated rings. The first-order chi connectivity index (χ1) is 13.1. The van der Waals surface area contributed by atoms with Gasteiger partial charge in [0.1, 0.15) is 0 Å². The van der Waals surface area contributed by atoms with Crippen LogP contribution in [0, 0.1) is 6.92 Å². The van der Waals surface area contributed by atoms with Crippen molar-refractivity contribution in [2.24, 2.45) is 0 Å². The van der Waals surface area contributed by atoms with E-state index in [1.54, 1.807) is 33.5 Å². The molecule has 1 aromatic heterocycles. The van der Waals surface area contributed by atoms with Crippen molar-refractivity contribution < 1.29 is 14.2 Å². The van der Waals surface area contributed by atoms with E-state index in [-0.39, 0.29) is 0 Å². The molecule has 2 N–H and O–H groups in total. The molecule has 0 aliphatic heterocycles. The van der Waals surface area contributed by atoms with E-state index in [4.69, 9.17) is 14.2 Å². The zero-order valence-corrected chi connectivity index (χ0v) is 15.6. The highest BCUT2D eigenvalue weighted by atomic mass is 16.5. The van der Waals surface area contributed by atoms with Gasteiger partial charge in [-0.2, -0.15) is 10.1 Å². The number of rotatable bonds is 7. The third-order valence-corrected chi connectivity index (χ3v) is 3.80. The highest BCUT2D eigenvalue weighted by Crippen LogP contribution is 2.40. The third-order valence-electron chi connectivity index (χ3n) is 3.80. The second-order valence-corrected chi connectivity index (χ2v) is 5.70. The van der Waals surface area contributed by atoms with Crippen LogP contribution in [-0.2, 0) is 0 Å². The molecule has 27 heavy (non-hydrogen) atoms. The fraction of sp³-hybridized carbons (Fsp3) is 0.211. The highest BCUT2D eigenvalue weighted by molar-refractivity contribution is 5.67. The monoisotopic (exact) mass is 367 g/mol. The van der Waals surface area contributed by atoms with Crippen LogP contribution in [0.2, 0.25) is 0 Å². The molecule has 8 heteroatoms. The van der Waals surface area contributed by atoms with Gasteiger partial charge in [-0.25, -0.2) is 0 Å². The van der Waals surface area contributed by atoms with E-state index in [0.717, 1.165) is 5.69 Å². The van der Waals surface area contributed by atoms with E-state index >= 15 is 0 Å². The fourth-order valence-electron chi connectivity index (χ4n) is 2.48. The molecule has 0 amide bonds. The van der Waals surface area contributed by atoms with E-state index in [1.807, 2.05) is 31.2 Å². The zero-order chi connectivity index (χ0) is 19.2. The van der Waals surface area contributed by atoms with Crippen molar-refractivity contribution in [3.63, 3.8) is 0 Å². The molecule has 2 aromatic carbocycles. The van der Waals surface area contributed by atoms with Gasteiger partial charge in [0.25, 0.3) is 0 Å². The summed E-state index contributed by atoms with van der Waals surface area (Å²) in [6.45, 7) is 2.03. The molecule has 3 aromatic rings. The average molecular weight is 367 g/mol. The maximum absolute atomic E-state index is 5.36. The molecule has 1 heterocycles. The number of aromatic nitrogens is 3. The summed E-state index contributed by atoms with van der Waals surface area (Å²) in [6, 6.07) is 11.5. The van der Waals surface area contributed by atoms with Gasteiger partial charge < -0.3 is 24.8 Å². The number of hydrogen-bond acceptors (Lipinski definition) is 8. The number of nitrogens with zero attached hydrogens (tertiary/aromatic N) is 3. The molecule has 140 valence electrons. The van der Waals surface area contributed by atoms with E-state index in [2.05, 4.69) is 25.8 Å². The van der Waals surface area contributed by atoms with Gasteiger partial charge in [0, 0.05) is 23.5 Å². The van der Waals surface area contributed by atoms with Crippen LogP contribution in [0.15, 0.2) is 42.6 Å². The summed E-state index contributed by atoms with van der Waals surface area (Å²) >= 11 is 0. The van der Waals surface area contributed by atoms with Crippen LogP contribution in [0.25, 0.3) is 0 Å². The Kier molecular flexibility index (Phi) is 5.55. The minimum Gasteiger partial charge on any atom is -0.493 e. The van der Waals surface area contributed by atoms with Crippen molar-refractivity contribution in [1.29, 1.82) is 0 Å². The Hall–Kier alpha value is -3.55. The molecule has 0 atom stereocenters. The molecule has 0 spiro atoms. The lowest BCUT2D eigenvalue weighted by Gasteiger charge is -2.15. The summed E-state index contributed by atoms with van der Waals surface area (Å²) in [5, 5.41) is 14.3. The van der Waals surface area contributed by atoms with E-state index in [0.29, 0.717) is 34.7 Å². The molecular weight excluding hydrogens is 346 g/mol. The molecule has 0 unspecified atom stereocenters. The summed E-state index contributed by atoms with van der Waals surface area (Å²) in [7, 11) is 4.69. The Morgan fingerprint density at radius 2 is 1.48 bits per heavy atom. The van der Waals surface area contributed by atoms with Crippen molar-refractivity contribution in [3.05, 3.63) is 48.2 Å². The standard InChI is InChI=1S/C19H21N5O3/c1-12-5-7-13(8-6-12)22-19-23-17(11-20-24-19)21-14-9-15(25-2)18(27-4)16(10-14)26-3/h5-11H,1-4H3,(H2,21,22,23,24). The molecule has 8 nitrogen and oxygen atoms in total. The van der Waals surface area contributed by atoms with E-state index < -0.39 is 0 Å². The summed E-state index contributed by atoms with van der Waals surface area (Å²) in [5.74, 6) is 2.51. The van der Waals surface area contributed by atoms with Gasteiger partial charge in [-0.1, -0.05) is 17.7 Å². The van der Waals surface area contributed by atoms with Gasteiger partial charge in [-0.15, -0.1) is 5.10 Å². The van der Waals surface area contributed by atoms with Gasteiger partial charge in [0.05, 0.1) is 27.5 Å². The lowest BCUT2D eigenvalue weighted by molar-refractivity contribution is 0.324. The van der Waals surface area contributed by atoms with Crippen LogP contribution >= 0.6 is 0 Å². The predicted octanol–water partition coefficient (Wildman–Crippen LogP) is 3.69. The third kappa shape index (κ3) is 4.35. The second-order valence-electron chi connectivity index (χ2n) is 5.70. The van der Waals surface area contributed by atoms with Crippen LogP contribution in [-0.4, -0.2) is 36.5 Å². The Morgan fingerprint density at radius 1 is 0.815 bits per heavy atom. The van der Waals surface area contributed by atoms with Crippen molar-refractivity contribution in [2.75, 3.05) is 32.0 Å². The normalized spacial score (nSPS) is 10.2. The molecule has 3 rings (SSSR count). The Bertz CT molecular complexity index is 890. The van der Waals surface area contributed by atoms with Crippen LogP contribution in [0.3, 0.4) is 0 Å². The van der Waals surface area contributed by atoms with E-state index in [1.165, 1.54) is 11.8 Å². The van der Waals surface area contributed by atoms with Crippen LogP contribution in [0.5, 0.6) is 17.2 Å². The fourth-order valence-corrected chi connectivity index (χ4v) is 2.48. The summed E-state index contributed by atoms with van der Waals surface area (Å²) < 4.78 is 16.1. The van der Waals surface area contributed by atoms with Crippen molar-refractivity contribution in [2.45, 2.75) is 6.92 Å². The van der Waals surface area contributed by atoms with Crippen LogP contribution < -0.4 is 24.8 Å². The smallest absolute Gasteiger partial charge is 0.249 e. The minimum absolute atomic E-state index is 0.385. The van der Waals surface area contributed by atoms with Gasteiger partial charge in [-0.3, -0.25) is 0 Å². The largest absolute Gasteiger partial charge is 0.493 e.